The third-order valence-corrected chi connectivity index (χ3v) is 3.30. The van der Waals surface area contributed by atoms with Crippen LogP contribution in [-0.2, 0) is 13.0 Å². The second-order valence-corrected chi connectivity index (χ2v) is 4.68. The molecule has 0 aromatic heterocycles. The molecule has 0 aliphatic carbocycles. The predicted molar refractivity (Wildman–Crippen MR) is 83.0 cm³/mol. The van der Waals surface area contributed by atoms with E-state index in [2.05, 4.69) is 41.8 Å². The fraction of sp³-hybridized carbons (Fsp3) is 0.235. The maximum atomic E-state index is 11.4. The van der Waals surface area contributed by atoms with Crippen molar-refractivity contribution in [3.8, 4) is 0 Å². The number of anilines is 1. The summed E-state index contributed by atoms with van der Waals surface area (Å²) in [5, 5.41) is 5.96. The molecule has 0 aliphatic rings. The molecule has 0 unspecified atom stereocenters. The van der Waals surface area contributed by atoms with Crippen LogP contribution in [0.2, 0.25) is 0 Å². The second-order valence-electron chi connectivity index (χ2n) is 4.68. The molecule has 20 heavy (non-hydrogen) atoms. The Labute approximate surface area is 120 Å². The van der Waals surface area contributed by atoms with Crippen LogP contribution in [0.15, 0.2) is 48.5 Å². The quantitative estimate of drug-likeness (QED) is 0.874. The van der Waals surface area contributed by atoms with Crippen molar-refractivity contribution in [1.29, 1.82) is 0 Å². The summed E-state index contributed by atoms with van der Waals surface area (Å²) in [5.74, 6) is -0.0632. The summed E-state index contributed by atoms with van der Waals surface area (Å²) in [6.45, 7) is 2.94. The first-order valence-corrected chi connectivity index (χ1v) is 6.86. The SMILES string of the molecule is CCc1ccc(CNc2ccc(C(=O)NC)cc2)cc1. The number of hydrogen-bond donors (Lipinski definition) is 2. The van der Waals surface area contributed by atoms with Crippen molar-refractivity contribution < 1.29 is 4.79 Å². The van der Waals surface area contributed by atoms with Gasteiger partial charge in [-0.1, -0.05) is 31.2 Å². The van der Waals surface area contributed by atoms with Crippen LogP contribution in [0, 0.1) is 0 Å². The average Bonchev–Trinajstić information content (AvgIpc) is 2.53. The van der Waals surface area contributed by atoms with E-state index in [0.29, 0.717) is 5.56 Å². The molecule has 0 radical (unpaired) electrons. The van der Waals surface area contributed by atoms with Gasteiger partial charge in [-0.05, 0) is 41.8 Å². The number of benzene rings is 2. The first kappa shape index (κ1) is 14.1. The van der Waals surface area contributed by atoms with E-state index in [1.54, 1.807) is 7.05 Å². The van der Waals surface area contributed by atoms with Crippen LogP contribution < -0.4 is 10.6 Å². The molecule has 2 rings (SSSR count). The summed E-state index contributed by atoms with van der Waals surface area (Å²) in [6, 6.07) is 16.1. The monoisotopic (exact) mass is 268 g/mol. The molecule has 0 saturated heterocycles. The molecule has 0 bridgehead atoms. The molecule has 2 N–H and O–H groups in total. The zero-order chi connectivity index (χ0) is 14.4. The molecule has 3 heteroatoms. The number of aryl methyl sites for hydroxylation is 1. The van der Waals surface area contributed by atoms with Gasteiger partial charge in [0.1, 0.15) is 0 Å². The lowest BCUT2D eigenvalue weighted by Crippen LogP contribution is -2.17. The lowest BCUT2D eigenvalue weighted by Gasteiger charge is -2.08. The summed E-state index contributed by atoms with van der Waals surface area (Å²) in [7, 11) is 1.63. The minimum absolute atomic E-state index is 0.0632. The van der Waals surface area contributed by atoms with Gasteiger partial charge >= 0.3 is 0 Å². The summed E-state index contributed by atoms with van der Waals surface area (Å²) >= 11 is 0. The van der Waals surface area contributed by atoms with Crippen molar-refractivity contribution in [3.63, 3.8) is 0 Å². The van der Waals surface area contributed by atoms with Crippen molar-refractivity contribution in [2.75, 3.05) is 12.4 Å². The third-order valence-electron chi connectivity index (χ3n) is 3.30. The van der Waals surface area contributed by atoms with Gasteiger partial charge in [-0.15, -0.1) is 0 Å². The number of carbonyl (C=O) groups excluding carboxylic acids is 1. The summed E-state index contributed by atoms with van der Waals surface area (Å²) in [5.41, 5.74) is 4.28. The van der Waals surface area contributed by atoms with Gasteiger partial charge in [0.15, 0.2) is 0 Å². The normalized spacial score (nSPS) is 10.1. The fourth-order valence-electron chi connectivity index (χ4n) is 1.98. The third kappa shape index (κ3) is 3.60. The van der Waals surface area contributed by atoms with Crippen LogP contribution in [0.25, 0.3) is 0 Å². The van der Waals surface area contributed by atoms with Gasteiger partial charge in [-0.2, -0.15) is 0 Å². The number of amides is 1. The molecular weight excluding hydrogens is 248 g/mol. The van der Waals surface area contributed by atoms with E-state index < -0.39 is 0 Å². The Kier molecular flexibility index (Phi) is 4.77. The van der Waals surface area contributed by atoms with Crippen molar-refractivity contribution in [2.24, 2.45) is 0 Å². The highest BCUT2D eigenvalue weighted by Gasteiger charge is 2.02. The Bertz CT molecular complexity index is 559. The van der Waals surface area contributed by atoms with Crippen molar-refractivity contribution in [1.82, 2.24) is 5.32 Å². The van der Waals surface area contributed by atoms with Crippen LogP contribution in [-0.4, -0.2) is 13.0 Å². The molecular formula is C17H20N2O. The number of hydrogen-bond acceptors (Lipinski definition) is 2. The molecule has 0 spiro atoms. The van der Waals surface area contributed by atoms with E-state index in [1.165, 1.54) is 11.1 Å². The zero-order valence-electron chi connectivity index (χ0n) is 11.9. The van der Waals surface area contributed by atoms with Crippen molar-refractivity contribution >= 4 is 11.6 Å². The van der Waals surface area contributed by atoms with Gasteiger partial charge in [0.2, 0.25) is 0 Å². The predicted octanol–water partition coefficient (Wildman–Crippen LogP) is 3.22. The van der Waals surface area contributed by atoms with E-state index >= 15 is 0 Å². The molecule has 3 nitrogen and oxygen atoms in total. The van der Waals surface area contributed by atoms with Crippen molar-refractivity contribution in [2.45, 2.75) is 19.9 Å². The van der Waals surface area contributed by atoms with Gasteiger partial charge in [0.05, 0.1) is 0 Å². The number of nitrogens with one attached hydrogen (secondary N) is 2. The zero-order valence-corrected chi connectivity index (χ0v) is 11.9. The Morgan fingerprint density at radius 1 is 0.950 bits per heavy atom. The smallest absolute Gasteiger partial charge is 0.251 e. The Hall–Kier alpha value is -2.29. The minimum Gasteiger partial charge on any atom is -0.381 e. The van der Waals surface area contributed by atoms with E-state index in [4.69, 9.17) is 0 Å². The van der Waals surface area contributed by atoms with Crippen LogP contribution >= 0.6 is 0 Å². The lowest BCUT2D eigenvalue weighted by molar-refractivity contribution is 0.0963. The van der Waals surface area contributed by atoms with Gasteiger partial charge in [-0.3, -0.25) is 4.79 Å². The Morgan fingerprint density at radius 3 is 2.10 bits per heavy atom. The van der Waals surface area contributed by atoms with E-state index in [-0.39, 0.29) is 5.91 Å². The minimum atomic E-state index is -0.0632. The van der Waals surface area contributed by atoms with E-state index in [0.717, 1.165) is 18.7 Å². The van der Waals surface area contributed by atoms with Gasteiger partial charge in [-0.25, -0.2) is 0 Å². The second kappa shape index (κ2) is 6.75. The topological polar surface area (TPSA) is 41.1 Å². The van der Waals surface area contributed by atoms with Crippen LogP contribution in [0.4, 0.5) is 5.69 Å². The number of carbonyl (C=O) groups is 1. The summed E-state index contributed by atoms with van der Waals surface area (Å²) < 4.78 is 0. The lowest BCUT2D eigenvalue weighted by atomic mass is 10.1. The fourth-order valence-corrected chi connectivity index (χ4v) is 1.98. The molecule has 0 heterocycles. The largest absolute Gasteiger partial charge is 0.381 e. The van der Waals surface area contributed by atoms with Gasteiger partial charge < -0.3 is 10.6 Å². The molecule has 0 aliphatic heterocycles. The van der Waals surface area contributed by atoms with E-state index in [9.17, 15) is 4.79 Å². The van der Waals surface area contributed by atoms with Gasteiger partial charge in [0.25, 0.3) is 5.91 Å². The molecule has 2 aromatic rings. The van der Waals surface area contributed by atoms with Crippen LogP contribution in [0.5, 0.6) is 0 Å². The Balaban J connectivity index is 1.94. The number of rotatable bonds is 5. The molecule has 2 aromatic carbocycles. The highest BCUT2D eigenvalue weighted by atomic mass is 16.1. The first-order chi connectivity index (χ1) is 9.72. The molecule has 0 atom stereocenters. The molecule has 104 valence electrons. The highest BCUT2D eigenvalue weighted by Crippen LogP contribution is 2.12. The van der Waals surface area contributed by atoms with Crippen molar-refractivity contribution in [3.05, 3.63) is 65.2 Å². The van der Waals surface area contributed by atoms with Crippen LogP contribution in [0.3, 0.4) is 0 Å². The maximum absolute atomic E-state index is 11.4. The maximum Gasteiger partial charge on any atom is 0.251 e. The van der Waals surface area contributed by atoms with Crippen LogP contribution in [0.1, 0.15) is 28.4 Å². The highest BCUT2D eigenvalue weighted by molar-refractivity contribution is 5.94. The van der Waals surface area contributed by atoms with Gasteiger partial charge in [0, 0.05) is 24.8 Å². The first-order valence-electron chi connectivity index (χ1n) is 6.86. The molecule has 0 fully saturated rings. The summed E-state index contributed by atoms with van der Waals surface area (Å²) in [6.07, 6.45) is 1.06. The Morgan fingerprint density at radius 2 is 1.55 bits per heavy atom. The molecule has 1 amide bonds. The standard InChI is InChI=1S/C17H20N2O/c1-3-13-4-6-14(7-5-13)12-19-16-10-8-15(9-11-16)17(20)18-2/h4-11,19H,3,12H2,1-2H3,(H,18,20). The van der Waals surface area contributed by atoms with E-state index in [1.807, 2.05) is 24.3 Å². The average molecular weight is 268 g/mol. The molecule has 0 saturated carbocycles. The summed E-state index contributed by atoms with van der Waals surface area (Å²) in [4.78, 5) is 11.4.